The van der Waals surface area contributed by atoms with Gasteiger partial charge in [-0.05, 0) is 18.3 Å². The highest BCUT2D eigenvalue weighted by Crippen LogP contribution is 2.25. The first-order chi connectivity index (χ1) is 7.13. The van der Waals surface area contributed by atoms with Gasteiger partial charge in [0.05, 0.1) is 5.75 Å². The molecule has 0 aromatic rings. The van der Waals surface area contributed by atoms with Crippen LogP contribution in [0.4, 0.5) is 0 Å². The molecule has 94 valence electrons. The van der Waals surface area contributed by atoms with E-state index in [-0.39, 0.29) is 11.2 Å². The zero-order valence-electron chi connectivity index (χ0n) is 9.93. The third kappa shape index (κ3) is 3.18. The van der Waals surface area contributed by atoms with Crippen LogP contribution < -0.4 is 0 Å². The molecule has 6 heteroatoms. The largest absolute Gasteiger partial charge is 0.480 e. The van der Waals surface area contributed by atoms with Crippen molar-refractivity contribution in [2.45, 2.75) is 39.7 Å². The highest BCUT2D eigenvalue weighted by atomic mass is 32.2. The van der Waals surface area contributed by atoms with Crippen LogP contribution in [0.25, 0.3) is 0 Å². The maximum absolute atomic E-state index is 12.0. The molecular weight excluding hydrogens is 230 g/mol. The molecule has 1 fully saturated rings. The van der Waals surface area contributed by atoms with E-state index in [4.69, 9.17) is 5.11 Å². The normalized spacial score (nSPS) is 23.6. The molecule has 1 N–H and O–H groups in total. The Hall–Kier alpha value is -0.620. The van der Waals surface area contributed by atoms with Crippen LogP contribution in [-0.4, -0.2) is 42.1 Å². The lowest BCUT2D eigenvalue weighted by atomic mass is 10.0. The second-order valence-corrected chi connectivity index (χ2v) is 7.35. The Balaban J connectivity index is 2.87. The van der Waals surface area contributed by atoms with Crippen LogP contribution in [0.15, 0.2) is 0 Å². The maximum atomic E-state index is 12.0. The molecular formula is C10H19NO4S. The Morgan fingerprint density at radius 2 is 2.00 bits per heavy atom. The van der Waals surface area contributed by atoms with E-state index in [9.17, 15) is 13.2 Å². The topological polar surface area (TPSA) is 74.7 Å². The lowest BCUT2D eigenvalue weighted by molar-refractivity contribution is -0.140. The summed E-state index contributed by atoms with van der Waals surface area (Å²) in [6.07, 6.45) is 1.04. The van der Waals surface area contributed by atoms with Crippen LogP contribution in [-0.2, 0) is 14.8 Å². The van der Waals surface area contributed by atoms with Gasteiger partial charge in [0.15, 0.2) is 0 Å². The predicted molar refractivity (Wildman–Crippen MR) is 60.6 cm³/mol. The summed E-state index contributed by atoms with van der Waals surface area (Å²) < 4.78 is 25.2. The molecule has 0 unspecified atom stereocenters. The van der Waals surface area contributed by atoms with Crippen LogP contribution in [0.5, 0.6) is 0 Å². The first-order valence-corrected chi connectivity index (χ1v) is 6.97. The standard InChI is InChI=1S/C10H19NO4S/c1-10(2,3)7-16(14,15)11-6-4-5-8(11)9(12)13/h8H,4-7H2,1-3H3,(H,12,13)/t8-/m1/s1. The van der Waals surface area contributed by atoms with Crippen molar-refractivity contribution in [1.82, 2.24) is 4.31 Å². The minimum Gasteiger partial charge on any atom is -0.480 e. The lowest BCUT2D eigenvalue weighted by Gasteiger charge is -2.25. The Morgan fingerprint density at radius 3 is 2.44 bits per heavy atom. The van der Waals surface area contributed by atoms with Gasteiger partial charge in [-0.25, -0.2) is 8.42 Å². The van der Waals surface area contributed by atoms with Crippen LogP contribution in [0.2, 0.25) is 0 Å². The summed E-state index contributed by atoms with van der Waals surface area (Å²) in [5.74, 6) is -1.06. The summed E-state index contributed by atoms with van der Waals surface area (Å²) >= 11 is 0. The van der Waals surface area contributed by atoms with Gasteiger partial charge in [0.25, 0.3) is 0 Å². The molecule has 1 aliphatic rings. The molecule has 0 aromatic heterocycles. The van der Waals surface area contributed by atoms with E-state index in [1.165, 1.54) is 0 Å². The third-order valence-electron chi connectivity index (χ3n) is 2.46. The summed E-state index contributed by atoms with van der Waals surface area (Å²) in [6.45, 7) is 5.82. The van der Waals surface area contributed by atoms with Crippen molar-refractivity contribution < 1.29 is 18.3 Å². The summed E-state index contributed by atoms with van der Waals surface area (Å²) in [7, 11) is -3.46. The Morgan fingerprint density at radius 1 is 1.44 bits per heavy atom. The molecule has 0 aliphatic carbocycles. The Labute approximate surface area is 96.5 Å². The summed E-state index contributed by atoms with van der Waals surface area (Å²) in [6, 6.07) is -0.868. The monoisotopic (exact) mass is 249 g/mol. The number of carboxylic acids is 1. The second kappa shape index (κ2) is 4.33. The molecule has 1 heterocycles. The average molecular weight is 249 g/mol. The van der Waals surface area contributed by atoms with Gasteiger partial charge in [-0.1, -0.05) is 20.8 Å². The quantitative estimate of drug-likeness (QED) is 0.806. The molecule has 0 amide bonds. The summed E-state index contributed by atoms with van der Waals surface area (Å²) in [5.41, 5.74) is -0.357. The molecule has 1 aliphatic heterocycles. The van der Waals surface area contributed by atoms with Crippen molar-refractivity contribution >= 4 is 16.0 Å². The molecule has 5 nitrogen and oxygen atoms in total. The second-order valence-electron chi connectivity index (χ2n) is 5.42. The molecule has 16 heavy (non-hydrogen) atoms. The molecule has 1 rings (SSSR count). The summed E-state index contributed by atoms with van der Waals surface area (Å²) in [5, 5.41) is 8.94. The minimum absolute atomic E-state index is 0.0101. The summed E-state index contributed by atoms with van der Waals surface area (Å²) in [4.78, 5) is 10.9. The van der Waals surface area contributed by atoms with Gasteiger partial charge in [0.1, 0.15) is 6.04 Å². The van der Waals surface area contributed by atoms with Crippen molar-refractivity contribution in [3.05, 3.63) is 0 Å². The van der Waals surface area contributed by atoms with Crippen LogP contribution in [0.3, 0.4) is 0 Å². The Kier molecular flexibility index (Phi) is 3.64. The van der Waals surface area contributed by atoms with E-state index >= 15 is 0 Å². The van der Waals surface area contributed by atoms with Gasteiger partial charge >= 0.3 is 5.97 Å². The SMILES string of the molecule is CC(C)(C)CS(=O)(=O)N1CCC[C@@H]1C(=O)O. The third-order valence-corrected chi connectivity index (χ3v) is 4.84. The van der Waals surface area contributed by atoms with E-state index in [0.29, 0.717) is 19.4 Å². The molecule has 0 radical (unpaired) electrons. The van der Waals surface area contributed by atoms with E-state index in [1.54, 1.807) is 0 Å². The number of carbonyl (C=O) groups is 1. The molecule has 0 spiro atoms. The fraction of sp³-hybridized carbons (Fsp3) is 0.900. The van der Waals surface area contributed by atoms with Gasteiger partial charge in [-0.2, -0.15) is 4.31 Å². The zero-order chi connectivity index (χ0) is 12.6. The van der Waals surface area contributed by atoms with Crippen molar-refractivity contribution in [2.24, 2.45) is 5.41 Å². The van der Waals surface area contributed by atoms with E-state index in [0.717, 1.165) is 4.31 Å². The highest BCUT2D eigenvalue weighted by molar-refractivity contribution is 7.89. The van der Waals surface area contributed by atoms with Crippen LogP contribution >= 0.6 is 0 Å². The average Bonchev–Trinajstić information content (AvgIpc) is 2.45. The van der Waals surface area contributed by atoms with E-state index in [1.807, 2.05) is 20.8 Å². The van der Waals surface area contributed by atoms with E-state index < -0.39 is 22.0 Å². The molecule has 1 saturated heterocycles. The lowest BCUT2D eigenvalue weighted by Crippen LogP contribution is -2.43. The van der Waals surface area contributed by atoms with Crippen LogP contribution in [0.1, 0.15) is 33.6 Å². The van der Waals surface area contributed by atoms with E-state index in [2.05, 4.69) is 0 Å². The number of carboxylic acid groups (broad SMARTS) is 1. The number of hydrogen-bond donors (Lipinski definition) is 1. The van der Waals surface area contributed by atoms with Gasteiger partial charge in [0.2, 0.25) is 10.0 Å². The van der Waals surface area contributed by atoms with Gasteiger partial charge in [-0.3, -0.25) is 4.79 Å². The fourth-order valence-corrected chi connectivity index (χ4v) is 4.20. The number of hydrogen-bond acceptors (Lipinski definition) is 3. The predicted octanol–water partition coefficient (Wildman–Crippen LogP) is 0.911. The number of rotatable bonds is 3. The highest BCUT2D eigenvalue weighted by Gasteiger charge is 2.39. The Bertz CT molecular complexity index is 369. The van der Waals surface area contributed by atoms with Gasteiger partial charge in [-0.15, -0.1) is 0 Å². The minimum atomic E-state index is -3.46. The number of aliphatic carboxylic acids is 1. The number of nitrogens with zero attached hydrogens (tertiary/aromatic N) is 1. The molecule has 0 bridgehead atoms. The number of sulfonamides is 1. The van der Waals surface area contributed by atoms with Crippen molar-refractivity contribution in [3.8, 4) is 0 Å². The van der Waals surface area contributed by atoms with Crippen molar-refractivity contribution in [2.75, 3.05) is 12.3 Å². The maximum Gasteiger partial charge on any atom is 0.322 e. The smallest absolute Gasteiger partial charge is 0.322 e. The molecule has 1 atom stereocenters. The molecule has 0 saturated carbocycles. The van der Waals surface area contributed by atoms with Crippen molar-refractivity contribution in [1.29, 1.82) is 0 Å². The zero-order valence-corrected chi connectivity index (χ0v) is 10.7. The van der Waals surface area contributed by atoms with Gasteiger partial charge in [0, 0.05) is 6.54 Å². The first kappa shape index (κ1) is 13.4. The van der Waals surface area contributed by atoms with Crippen molar-refractivity contribution in [3.63, 3.8) is 0 Å². The first-order valence-electron chi connectivity index (χ1n) is 5.36. The molecule has 0 aromatic carbocycles. The fourth-order valence-electron chi connectivity index (χ4n) is 1.95. The van der Waals surface area contributed by atoms with Gasteiger partial charge < -0.3 is 5.11 Å². The van der Waals surface area contributed by atoms with Crippen LogP contribution in [0, 0.1) is 5.41 Å².